The van der Waals surface area contributed by atoms with Gasteiger partial charge >= 0.3 is 6.18 Å². The average Bonchev–Trinajstić information content (AvgIpc) is 2.40. The fourth-order valence-electron chi connectivity index (χ4n) is 1.49. The number of benzene rings is 1. The summed E-state index contributed by atoms with van der Waals surface area (Å²) in [5, 5.41) is 4.54. The van der Waals surface area contributed by atoms with Crippen molar-refractivity contribution >= 4 is 29.1 Å². The van der Waals surface area contributed by atoms with E-state index < -0.39 is 30.0 Å². The Kier molecular flexibility index (Phi) is 6.63. The molecular formula is C13H14ClF3N2O3. The number of methoxy groups -OCH3 is 1. The summed E-state index contributed by atoms with van der Waals surface area (Å²) >= 11 is 5.73. The number of hydrogen-bond acceptors (Lipinski definition) is 3. The molecule has 0 aliphatic heterocycles. The Bertz CT molecular complexity index is 550. The number of carbonyl (C=O) groups excluding carboxylic acids is 2. The van der Waals surface area contributed by atoms with Crippen LogP contribution in [0.3, 0.4) is 0 Å². The smallest absolute Gasteiger partial charge is 0.383 e. The van der Waals surface area contributed by atoms with Gasteiger partial charge in [-0.25, -0.2) is 0 Å². The first-order chi connectivity index (χ1) is 10.2. The van der Waals surface area contributed by atoms with Gasteiger partial charge in [-0.1, -0.05) is 11.6 Å². The predicted molar refractivity (Wildman–Crippen MR) is 74.6 cm³/mol. The SMILES string of the molecule is COCCNC(=O)CC(=O)Nc1cc(C(F)(F)F)ccc1Cl. The topological polar surface area (TPSA) is 67.4 Å². The largest absolute Gasteiger partial charge is 0.416 e. The normalized spacial score (nSPS) is 11.1. The molecule has 0 saturated carbocycles. The lowest BCUT2D eigenvalue weighted by Gasteiger charge is -2.11. The van der Waals surface area contributed by atoms with Gasteiger partial charge in [-0.2, -0.15) is 13.2 Å². The van der Waals surface area contributed by atoms with Crippen LogP contribution in [0.5, 0.6) is 0 Å². The van der Waals surface area contributed by atoms with Gasteiger partial charge in [0.25, 0.3) is 0 Å². The summed E-state index contributed by atoms with van der Waals surface area (Å²) in [6, 6.07) is 2.54. The Balaban J connectivity index is 2.66. The third kappa shape index (κ3) is 5.90. The van der Waals surface area contributed by atoms with Gasteiger partial charge in [0.2, 0.25) is 11.8 Å². The van der Waals surface area contributed by atoms with E-state index in [1.54, 1.807) is 0 Å². The third-order valence-corrected chi connectivity index (χ3v) is 2.85. The molecule has 2 amide bonds. The number of anilines is 1. The van der Waals surface area contributed by atoms with Crippen LogP contribution in [0.2, 0.25) is 5.02 Å². The Morgan fingerprint density at radius 1 is 1.27 bits per heavy atom. The zero-order valence-electron chi connectivity index (χ0n) is 11.6. The quantitative estimate of drug-likeness (QED) is 0.618. The average molecular weight is 339 g/mol. The highest BCUT2D eigenvalue weighted by Gasteiger charge is 2.31. The van der Waals surface area contributed by atoms with E-state index in [9.17, 15) is 22.8 Å². The Morgan fingerprint density at radius 3 is 2.55 bits per heavy atom. The Morgan fingerprint density at radius 2 is 1.95 bits per heavy atom. The zero-order chi connectivity index (χ0) is 16.8. The highest BCUT2D eigenvalue weighted by Crippen LogP contribution is 2.33. The van der Waals surface area contributed by atoms with E-state index in [1.165, 1.54) is 7.11 Å². The molecule has 9 heteroatoms. The van der Waals surface area contributed by atoms with E-state index in [-0.39, 0.29) is 23.9 Å². The van der Waals surface area contributed by atoms with Gasteiger partial charge in [-0.3, -0.25) is 9.59 Å². The van der Waals surface area contributed by atoms with Gasteiger partial charge in [-0.05, 0) is 18.2 Å². The van der Waals surface area contributed by atoms with Crippen LogP contribution in [0.25, 0.3) is 0 Å². The molecule has 0 aliphatic carbocycles. The summed E-state index contributed by atoms with van der Waals surface area (Å²) in [6.45, 7) is 0.514. The standard InChI is InChI=1S/C13H14ClF3N2O3/c1-22-5-4-18-11(20)7-12(21)19-10-6-8(13(15,16)17)2-3-9(10)14/h2-3,6H,4-5,7H2,1H3,(H,18,20)(H,19,21). The molecule has 0 fully saturated rings. The summed E-state index contributed by atoms with van der Waals surface area (Å²) in [5.74, 6) is -1.34. The van der Waals surface area contributed by atoms with Gasteiger partial charge in [0, 0.05) is 13.7 Å². The lowest BCUT2D eigenvalue weighted by Crippen LogP contribution is -2.30. The molecule has 122 valence electrons. The lowest BCUT2D eigenvalue weighted by atomic mass is 10.2. The van der Waals surface area contributed by atoms with Crippen LogP contribution in [0, 0.1) is 0 Å². The van der Waals surface area contributed by atoms with Crippen molar-refractivity contribution in [2.75, 3.05) is 25.6 Å². The first-order valence-corrected chi connectivity index (χ1v) is 6.54. The maximum atomic E-state index is 12.6. The second-order valence-electron chi connectivity index (χ2n) is 4.26. The van der Waals surface area contributed by atoms with Crippen LogP contribution in [-0.2, 0) is 20.5 Å². The molecule has 1 aromatic carbocycles. The molecule has 0 radical (unpaired) electrons. The van der Waals surface area contributed by atoms with Crippen LogP contribution in [0.4, 0.5) is 18.9 Å². The minimum atomic E-state index is -4.55. The number of halogens is 4. The van der Waals surface area contributed by atoms with Crippen molar-refractivity contribution in [3.63, 3.8) is 0 Å². The van der Waals surface area contributed by atoms with Crippen LogP contribution in [0.1, 0.15) is 12.0 Å². The van der Waals surface area contributed by atoms with Crippen molar-refractivity contribution in [3.05, 3.63) is 28.8 Å². The Labute approximate surface area is 129 Å². The predicted octanol–water partition coefficient (Wildman–Crippen LogP) is 2.45. The fraction of sp³-hybridized carbons (Fsp3) is 0.385. The number of ether oxygens (including phenoxy) is 1. The van der Waals surface area contributed by atoms with E-state index in [1.807, 2.05) is 0 Å². The lowest BCUT2D eigenvalue weighted by molar-refractivity contribution is -0.137. The van der Waals surface area contributed by atoms with Crippen molar-refractivity contribution in [2.24, 2.45) is 0 Å². The number of rotatable bonds is 6. The van der Waals surface area contributed by atoms with E-state index in [2.05, 4.69) is 10.6 Å². The molecule has 0 heterocycles. The summed E-state index contributed by atoms with van der Waals surface area (Å²) < 4.78 is 42.5. The van der Waals surface area contributed by atoms with E-state index in [0.717, 1.165) is 12.1 Å². The molecule has 0 aromatic heterocycles. The van der Waals surface area contributed by atoms with Gasteiger partial charge in [0.1, 0.15) is 6.42 Å². The minimum Gasteiger partial charge on any atom is -0.383 e. The van der Waals surface area contributed by atoms with Crippen LogP contribution >= 0.6 is 11.6 Å². The van der Waals surface area contributed by atoms with Gasteiger partial charge in [0.05, 0.1) is 22.9 Å². The monoisotopic (exact) mass is 338 g/mol. The summed E-state index contributed by atoms with van der Waals surface area (Å²) in [7, 11) is 1.45. The van der Waals surface area contributed by atoms with Crippen molar-refractivity contribution in [1.29, 1.82) is 0 Å². The fourth-order valence-corrected chi connectivity index (χ4v) is 1.66. The van der Waals surface area contributed by atoms with Gasteiger partial charge in [-0.15, -0.1) is 0 Å². The summed E-state index contributed by atoms with van der Waals surface area (Å²) in [6.07, 6.45) is -5.09. The zero-order valence-corrected chi connectivity index (χ0v) is 12.3. The molecule has 0 spiro atoms. The molecule has 22 heavy (non-hydrogen) atoms. The second kappa shape index (κ2) is 8.00. The van der Waals surface area contributed by atoms with E-state index in [4.69, 9.17) is 16.3 Å². The maximum Gasteiger partial charge on any atom is 0.416 e. The highest BCUT2D eigenvalue weighted by atomic mass is 35.5. The van der Waals surface area contributed by atoms with Crippen molar-refractivity contribution in [3.8, 4) is 0 Å². The second-order valence-corrected chi connectivity index (χ2v) is 4.67. The van der Waals surface area contributed by atoms with Crippen LogP contribution < -0.4 is 10.6 Å². The van der Waals surface area contributed by atoms with Gasteiger partial charge < -0.3 is 15.4 Å². The molecule has 0 unspecified atom stereocenters. The van der Waals surface area contributed by atoms with Crippen LogP contribution in [-0.4, -0.2) is 32.1 Å². The van der Waals surface area contributed by atoms with Crippen LogP contribution in [0.15, 0.2) is 18.2 Å². The molecule has 0 saturated heterocycles. The molecule has 1 rings (SSSR count). The number of hydrogen-bond donors (Lipinski definition) is 2. The number of carbonyl (C=O) groups is 2. The number of amides is 2. The number of nitrogens with one attached hydrogen (secondary N) is 2. The van der Waals surface area contributed by atoms with E-state index in [0.29, 0.717) is 6.07 Å². The maximum absolute atomic E-state index is 12.6. The highest BCUT2D eigenvalue weighted by molar-refractivity contribution is 6.33. The molecule has 5 nitrogen and oxygen atoms in total. The van der Waals surface area contributed by atoms with Crippen molar-refractivity contribution in [2.45, 2.75) is 12.6 Å². The molecule has 2 N–H and O–H groups in total. The molecule has 0 aliphatic rings. The summed E-state index contributed by atoms with van der Waals surface area (Å²) in [5.41, 5.74) is -1.15. The molecular weight excluding hydrogens is 325 g/mol. The number of alkyl halides is 3. The summed E-state index contributed by atoms with van der Waals surface area (Å²) in [4.78, 5) is 23.0. The van der Waals surface area contributed by atoms with Crippen molar-refractivity contribution in [1.82, 2.24) is 5.32 Å². The molecule has 1 aromatic rings. The third-order valence-electron chi connectivity index (χ3n) is 2.52. The molecule has 0 bridgehead atoms. The molecule has 0 atom stereocenters. The first-order valence-electron chi connectivity index (χ1n) is 6.16. The first kappa shape index (κ1) is 18.2. The minimum absolute atomic E-state index is 0.0545. The van der Waals surface area contributed by atoms with Crippen molar-refractivity contribution < 1.29 is 27.5 Å². The van der Waals surface area contributed by atoms with E-state index >= 15 is 0 Å². The van der Waals surface area contributed by atoms with Gasteiger partial charge in [0.15, 0.2) is 0 Å². The Hall–Kier alpha value is -1.80.